The molecule has 1 aliphatic rings. The van der Waals surface area contributed by atoms with Crippen molar-refractivity contribution >= 4 is 27.5 Å². The van der Waals surface area contributed by atoms with Crippen molar-refractivity contribution in [1.82, 2.24) is 0 Å². The lowest BCUT2D eigenvalue weighted by Crippen LogP contribution is -2.31. The smallest absolute Gasteiger partial charge is 0.171 e. The summed E-state index contributed by atoms with van der Waals surface area (Å²) in [4.78, 5) is 1.95. The summed E-state index contributed by atoms with van der Waals surface area (Å²) in [7, 11) is 0. The van der Waals surface area contributed by atoms with Gasteiger partial charge in [0.2, 0.25) is 0 Å². The van der Waals surface area contributed by atoms with Crippen LogP contribution < -0.4 is 10.6 Å². The summed E-state index contributed by atoms with van der Waals surface area (Å²) >= 11 is 3.17. The molecule has 2 rings (SSSR count). The molecular formula is C13H17BrFN3O2. The maximum Gasteiger partial charge on any atom is 0.171 e. The van der Waals surface area contributed by atoms with Gasteiger partial charge in [-0.3, -0.25) is 0 Å². The number of rotatable bonds is 2. The predicted molar refractivity (Wildman–Crippen MR) is 78.9 cm³/mol. The van der Waals surface area contributed by atoms with Gasteiger partial charge in [-0.1, -0.05) is 5.16 Å². The van der Waals surface area contributed by atoms with Crippen molar-refractivity contribution < 1.29 is 14.3 Å². The first kappa shape index (κ1) is 15.1. The Morgan fingerprint density at radius 3 is 3.05 bits per heavy atom. The van der Waals surface area contributed by atoms with Gasteiger partial charge in [0.25, 0.3) is 0 Å². The van der Waals surface area contributed by atoms with Gasteiger partial charge in [0, 0.05) is 25.3 Å². The molecule has 7 heteroatoms. The van der Waals surface area contributed by atoms with Crippen molar-refractivity contribution in [3.63, 3.8) is 0 Å². The minimum atomic E-state index is -0.414. The summed E-state index contributed by atoms with van der Waals surface area (Å²) in [5.74, 6) is -0.543. The Balaban J connectivity index is 2.35. The fraction of sp³-hybridized carbons (Fsp3) is 0.462. The summed E-state index contributed by atoms with van der Waals surface area (Å²) < 4.78 is 20.2. The van der Waals surface area contributed by atoms with Crippen LogP contribution in [0.1, 0.15) is 18.9 Å². The molecule has 1 heterocycles. The third-order valence-corrected chi connectivity index (χ3v) is 4.01. The van der Waals surface area contributed by atoms with Crippen molar-refractivity contribution in [2.75, 3.05) is 24.6 Å². The van der Waals surface area contributed by atoms with Crippen LogP contribution in [0, 0.1) is 5.82 Å². The number of amidine groups is 1. The molecule has 1 aliphatic heterocycles. The molecule has 20 heavy (non-hydrogen) atoms. The topological polar surface area (TPSA) is 71.1 Å². The Labute approximate surface area is 125 Å². The second-order valence-corrected chi connectivity index (χ2v) is 5.52. The van der Waals surface area contributed by atoms with E-state index in [-0.39, 0.29) is 16.4 Å². The molecular weight excluding hydrogens is 329 g/mol. The van der Waals surface area contributed by atoms with Gasteiger partial charge in [-0.05, 0) is 41.4 Å². The van der Waals surface area contributed by atoms with E-state index in [1.165, 1.54) is 0 Å². The lowest BCUT2D eigenvalue weighted by Gasteiger charge is -2.25. The van der Waals surface area contributed by atoms with Crippen LogP contribution in [0.2, 0.25) is 0 Å². The normalized spacial score (nSPS) is 20.9. The molecule has 110 valence electrons. The average Bonchev–Trinajstić information content (AvgIpc) is 2.65. The summed E-state index contributed by atoms with van der Waals surface area (Å²) in [6.45, 7) is 4.02. The van der Waals surface area contributed by atoms with Gasteiger partial charge in [-0.2, -0.15) is 0 Å². The van der Waals surface area contributed by atoms with Gasteiger partial charge in [-0.25, -0.2) is 4.39 Å². The number of benzene rings is 1. The molecule has 0 aliphatic carbocycles. The highest BCUT2D eigenvalue weighted by Crippen LogP contribution is 2.30. The first-order chi connectivity index (χ1) is 9.54. The molecule has 0 amide bonds. The van der Waals surface area contributed by atoms with Gasteiger partial charge in [0.15, 0.2) is 11.7 Å². The number of nitrogens with zero attached hydrogens (tertiary/aromatic N) is 2. The zero-order valence-corrected chi connectivity index (χ0v) is 12.7. The molecule has 0 radical (unpaired) electrons. The molecule has 5 nitrogen and oxygen atoms in total. The summed E-state index contributed by atoms with van der Waals surface area (Å²) in [6.07, 6.45) is 0.906. The van der Waals surface area contributed by atoms with E-state index < -0.39 is 5.82 Å². The summed E-state index contributed by atoms with van der Waals surface area (Å²) in [5, 5.41) is 11.6. The fourth-order valence-electron chi connectivity index (χ4n) is 2.25. The van der Waals surface area contributed by atoms with Gasteiger partial charge >= 0.3 is 0 Å². The van der Waals surface area contributed by atoms with E-state index in [0.717, 1.165) is 13.0 Å². The molecule has 3 N–H and O–H groups in total. The van der Waals surface area contributed by atoms with Crippen molar-refractivity contribution in [2.45, 2.75) is 19.4 Å². The Hall–Kier alpha value is -1.34. The fourth-order valence-corrected chi connectivity index (χ4v) is 2.79. The minimum Gasteiger partial charge on any atom is -0.409 e. The lowest BCUT2D eigenvalue weighted by molar-refractivity contribution is 0.0820. The highest BCUT2D eigenvalue weighted by molar-refractivity contribution is 9.10. The predicted octanol–water partition coefficient (Wildman–Crippen LogP) is 2.30. The lowest BCUT2D eigenvalue weighted by atomic mass is 10.1. The SMILES string of the molecule is CC1CN(c2ccc(/C(N)=N/O)c(Br)c2F)CCCO1. The summed E-state index contributed by atoms with van der Waals surface area (Å²) in [6, 6.07) is 3.28. The van der Waals surface area contributed by atoms with Gasteiger partial charge < -0.3 is 20.6 Å². The minimum absolute atomic E-state index is 0.0550. The second kappa shape index (κ2) is 6.41. The number of nitrogens with two attached hydrogens (primary N) is 1. The quantitative estimate of drug-likeness (QED) is 0.373. The van der Waals surface area contributed by atoms with Crippen molar-refractivity contribution in [1.29, 1.82) is 0 Å². The van der Waals surface area contributed by atoms with Crippen molar-refractivity contribution in [3.05, 3.63) is 28.0 Å². The number of anilines is 1. The Morgan fingerprint density at radius 2 is 2.35 bits per heavy atom. The van der Waals surface area contributed by atoms with E-state index in [0.29, 0.717) is 24.4 Å². The van der Waals surface area contributed by atoms with Gasteiger partial charge in [-0.15, -0.1) is 0 Å². The molecule has 0 aromatic heterocycles. The number of ether oxygens (including phenoxy) is 1. The van der Waals surface area contributed by atoms with Crippen LogP contribution in [0.3, 0.4) is 0 Å². The van der Waals surface area contributed by atoms with E-state index in [2.05, 4.69) is 21.1 Å². The maximum absolute atomic E-state index is 14.5. The zero-order valence-electron chi connectivity index (χ0n) is 11.1. The molecule has 1 aromatic rings. The van der Waals surface area contributed by atoms with Crippen LogP contribution in [-0.2, 0) is 4.74 Å². The van der Waals surface area contributed by atoms with Crippen molar-refractivity contribution in [2.24, 2.45) is 10.9 Å². The van der Waals surface area contributed by atoms with E-state index in [1.807, 2.05) is 11.8 Å². The largest absolute Gasteiger partial charge is 0.409 e. The Morgan fingerprint density at radius 1 is 1.60 bits per heavy atom. The Bertz CT molecular complexity index is 525. The molecule has 1 unspecified atom stereocenters. The standard InChI is InChI=1S/C13H17BrFN3O2/c1-8-7-18(5-2-6-20-8)10-4-3-9(13(16)17-19)11(14)12(10)15/h3-4,8,19H,2,5-7H2,1H3,(H2,16,17). The Kier molecular flexibility index (Phi) is 4.82. The highest BCUT2D eigenvalue weighted by atomic mass is 79.9. The number of hydrogen-bond donors (Lipinski definition) is 2. The molecule has 0 saturated carbocycles. The van der Waals surface area contributed by atoms with Gasteiger partial charge in [0.1, 0.15) is 0 Å². The van der Waals surface area contributed by atoms with E-state index >= 15 is 0 Å². The third-order valence-electron chi connectivity index (χ3n) is 3.24. The maximum atomic E-state index is 14.5. The van der Waals surface area contributed by atoms with Crippen LogP contribution in [0.4, 0.5) is 10.1 Å². The zero-order chi connectivity index (χ0) is 14.7. The molecule has 0 spiro atoms. The first-order valence-electron chi connectivity index (χ1n) is 6.37. The average molecular weight is 346 g/mol. The third kappa shape index (κ3) is 3.04. The van der Waals surface area contributed by atoms with Crippen LogP contribution in [0.15, 0.2) is 21.8 Å². The number of hydrogen-bond acceptors (Lipinski definition) is 4. The van der Waals surface area contributed by atoms with E-state index in [9.17, 15) is 4.39 Å². The summed E-state index contributed by atoms with van der Waals surface area (Å²) in [5.41, 5.74) is 6.33. The molecule has 1 aromatic carbocycles. The molecule has 0 bridgehead atoms. The van der Waals surface area contributed by atoms with E-state index in [1.54, 1.807) is 12.1 Å². The van der Waals surface area contributed by atoms with Gasteiger partial charge in [0.05, 0.1) is 16.3 Å². The van der Waals surface area contributed by atoms with Crippen LogP contribution >= 0.6 is 15.9 Å². The second-order valence-electron chi connectivity index (χ2n) is 4.73. The molecule has 1 atom stereocenters. The van der Waals surface area contributed by atoms with Crippen LogP contribution in [-0.4, -0.2) is 36.8 Å². The van der Waals surface area contributed by atoms with Crippen LogP contribution in [0.5, 0.6) is 0 Å². The molecule has 1 saturated heterocycles. The highest BCUT2D eigenvalue weighted by Gasteiger charge is 2.21. The number of halogens is 2. The molecule has 1 fully saturated rings. The van der Waals surface area contributed by atoms with Crippen LogP contribution in [0.25, 0.3) is 0 Å². The monoisotopic (exact) mass is 345 g/mol. The van der Waals surface area contributed by atoms with E-state index in [4.69, 9.17) is 15.7 Å². The number of oxime groups is 1. The van der Waals surface area contributed by atoms with Crippen molar-refractivity contribution in [3.8, 4) is 0 Å². The first-order valence-corrected chi connectivity index (χ1v) is 7.16.